The van der Waals surface area contributed by atoms with Crippen molar-refractivity contribution in [1.82, 2.24) is 10.3 Å². The van der Waals surface area contributed by atoms with Gasteiger partial charge in [-0.25, -0.2) is 14.6 Å². The number of aromatic nitrogens is 1. The molecule has 0 aliphatic heterocycles. The Labute approximate surface area is 125 Å². The van der Waals surface area contributed by atoms with Gasteiger partial charge in [0.25, 0.3) is 0 Å². The van der Waals surface area contributed by atoms with Crippen molar-refractivity contribution in [2.24, 2.45) is 5.73 Å². The van der Waals surface area contributed by atoms with E-state index < -0.39 is 23.9 Å². The second-order valence-electron chi connectivity index (χ2n) is 4.07. The Morgan fingerprint density at radius 2 is 2.14 bits per heavy atom. The molecule has 0 saturated heterocycles. The van der Waals surface area contributed by atoms with E-state index in [9.17, 15) is 14.4 Å². The summed E-state index contributed by atoms with van der Waals surface area (Å²) < 4.78 is 0. The standard InChI is InChI=1S/C12H16N4O4S/c1-21-5-4-8(16-12(13)20)10(17)15-7-2-3-9(11(18)19)14-6-7/h2-3,6,8H,4-5H2,1H3,(H,15,17)(H,18,19)(H3,13,16,20). The molecule has 1 heterocycles. The minimum Gasteiger partial charge on any atom is -0.477 e. The molecule has 114 valence electrons. The maximum Gasteiger partial charge on any atom is 0.354 e. The quantitative estimate of drug-likeness (QED) is 0.579. The maximum atomic E-state index is 12.0. The third-order valence-electron chi connectivity index (χ3n) is 2.49. The first-order chi connectivity index (χ1) is 9.93. The fourth-order valence-corrected chi connectivity index (χ4v) is 1.97. The van der Waals surface area contributed by atoms with E-state index in [0.717, 1.165) is 0 Å². The molecule has 5 N–H and O–H groups in total. The van der Waals surface area contributed by atoms with Crippen LogP contribution in [0.25, 0.3) is 0 Å². The number of nitrogens with zero attached hydrogens (tertiary/aromatic N) is 1. The fraction of sp³-hybridized carbons (Fsp3) is 0.333. The highest BCUT2D eigenvalue weighted by Crippen LogP contribution is 2.09. The van der Waals surface area contributed by atoms with E-state index in [1.807, 2.05) is 6.26 Å². The molecule has 1 aromatic heterocycles. The summed E-state index contributed by atoms with van der Waals surface area (Å²) in [6.07, 6.45) is 3.54. The molecule has 0 aliphatic carbocycles. The molecular weight excluding hydrogens is 296 g/mol. The Bertz CT molecular complexity index is 520. The van der Waals surface area contributed by atoms with Crippen LogP contribution < -0.4 is 16.4 Å². The predicted molar refractivity (Wildman–Crippen MR) is 79.3 cm³/mol. The lowest BCUT2D eigenvalue weighted by molar-refractivity contribution is -0.117. The number of rotatable bonds is 7. The van der Waals surface area contributed by atoms with Crippen LogP contribution in [0.4, 0.5) is 10.5 Å². The topological polar surface area (TPSA) is 134 Å². The second kappa shape index (κ2) is 8.10. The van der Waals surface area contributed by atoms with E-state index in [1.54, 1.807) is 0 Å². The second-order valence-corrected chi connectivity index (χ2v) is 5.05. The Balaban J connectivity index is 2.70. The molecule has 0 fully saturated rings. The van der Waals surface area contributed by atoms with Crippen LogP contribution in [0, 0.1) is 0 Å². The third kappa shape index (κ3) is 5.69. The van der Waals surface area contributed by atoms with Gasteiger partial charge in [-0.05, 0) is 30.6 Å². The maximum absolute atomic E-state index is 12.0. The summed E-state index contributed by atoms with van der Waals surface area (Å²) in [6.45, 7) is 0. The van der Waals surface area contributed by atoms with Gasteiger partial charge >= 0.3 is 12.0 Å². The highest BCUT2D eigenvalue weighted by atomic mass is 32.2. The summed E-state index contributed by atoms with van der Waals surface area (Å²) in [5.41, 5.74) is 5.25. The average Bonchev–Trinajstić information content (AvgIpc) is 2.43. The summed E-state index contributed by atoms with van der Waals surface area (Å²) in [5, 5.41) is 13.6. The van der Waals surface area contributed by atoms with E-state index in [2.05, 4.69) is 15.6 Å². The van der Waals surface area contributed by atoms with E-state index in [0.29, 0.717) is 17.9 Å². The number of carboxylic acid groups (broad SMARTS) is 1. The first-order valence-electron chi connectivity index (χ1n) is 5.99. The SMILES string of the molecule is CSCCC(NC(N)=O)C(=O)Nc1ccc(C(=O)O)nc1. The number of urea groups is 1. The van der Waals surface area contributed by atoms with Gasteiger partial charge in [0.2, 0.25) is 5.91 Å². The number of nitrogens with one attached hydrogen (secondary N) is 2. The smallest absolute Gasteiger partial charge is 0.354 e. The van der Waals surface area contributed by atoms with Gasteiger partial charge in [-0.3, -0.25) is 4.79 Å². The van der Waals surface area contributed by atoms with Gasteiger partial charge < -0.3 is 21.5 Å². The van der Waals surface area contributed by atoms with Gasteiger partial charge in [-0.2, -0.15) is 11.8 Å². The Morgan fingerprint density at radius 3 is 2.62 bits per heavy atom. The first kappa shape index (κ1) is 16.8. The van der Waals surface area contributed by atoms with Crippen LogP contribution in [-0.4, -0.2) is 46.0 Å². The summed E-state index contributed by atoms with van der Waals surface area (Å²) in [7, 11) is 0. The van der Waals surface area contributed by atoms with Gasteiger partial charge in [0.05, 0.1) is 11.9 Å². The lowest BCUT2D eigenvalue weighted by Gasteiger charge is -2.16. The van der Waals surface area contributed by atoms with E-state index in [1.165, 1.54) is 30.1 Å². The fourth-order valence-electron chi connectivity index (χ4n) is 1.50. The number of carbonyl (C=O) groups excluding carboxylic acids is 2. The van der Waals surface area contributed by atoms with Crippen molar-refractivity contribution < 1.29 is 19.5 Å². The zero-order valence-electron chi connectivity index (χ0n) is 11.3. The van der Waals surface area contributed by atoms with E-state index in [-0.39, 0.29) is 5.69 Å². The molecule has 1 atom stereocenters. The highest BCUT2D eigenvalue weighted by Gasteiger charge is 2.19. The van der Waals surface area contributed by atoms with Crippen LogP contribution in [0.5, 0.6) is 0 Å². The molecule has 0 aliphatic rings. The predicted octanol–water partition coefficient (Wildman–Crippen LogP) is 0.508. The number of carboxylic acids is 1. The molecule has 1 unspecified atom stereocenters. The van der Waals surface area contributed by atoms with Crippen LogP contribution in [0.15, 0.2) is 18.3 Å². The summed E-state index contributed by atoms with van der Waals surface area (Å²) in [6, 6.07) is 1.16. The van der Waals surface area contributed by atoms with Crippen LogP contribution in [0.1, 0.15) is 16.9 Å². The van der Waals surface area contributed by atoms with Crippen LogP contribution in [-0.2, 0) is 4.79 Å². The lowest BCUT2D eigenvalue weighted by atomic mass is 10.2. The van der Waals surface area contributed by atoms with Crippen molar-refractivity contribution in [3.8, 4) is 0 Å². The molecule has 1 aromatic rings. The van der Waals surface area contributed by atoms with Gasteiger partial charge in [0.1, 0.15) is 11.7 Å². The molecule has 0 saturated carbocycles. The number of nitrogens with two attached hydrogens (primary N) is 1. The number of carbonyl (C=O) groups is 3. The Kier molecular flexibility index (Phi) is 6.47. The van der Waals surface area contributed by atoms with Crippen molar-refractivity contribution in [2.45, 2.75) is 12.5 Å². The van der Waals surface area contributed by atoms with Crippen molar-refractivity contribution in [3.63, 3.8) is 0 Å². The minimum atomic E-state index is -1.15. The molecule has 0 radical (unpaired) electrons. The monoisotopic (exact) mass is 312 g/mol. The Hall–Kier alpha value is -2.29. The van der Waals surface area contributed by atoms with Crippen molar-refractivity contribution >= 4 is 35.4 Å². The van der Waals surface area contributed by atoms with Crippen LogP contribution in [0.2, 0.25) is 0 Å². The normalized spacial score (nSPS) is 11.5. The molecular formula is C12H16N4O4S. The van der Waals surface area contributed by atoms with Crippen LogP contribution >= 0.6 is 11.8 Å². The summed E-state index contributed by atoms with van der Waals surface area (Å²) >= 11 is 1.54. The molecule has 3 amide bonds. The molecule has 0 spiro atoms. The molecule has 21 heavy (non-hydrogen) atoms. The number of aromatic carboxylic acids is 1. The zero-order chi connectivity index (χ0) is 15.8. The largest absolute Gasteiger partial charge is 0.477 e. The van der Waals surface area contributed by atoms with Crippen LogP contribution in [0.3, 0.4) is 0 Å². The Morgan fingerprint density at radius 1 is 1.43 bits per heavy atom. The number of primary amides is 1. The van der Waals surface area contributed by atoms with Gasteiger partial charge in [0, 0.05) is 0 Å². The third-order valence-corrected chi connectivity index (χ3v) is 3.14. The number of hydrogen-bond donors (Lipinski definition) is 4. The zero-order valence-corrected chi connectivity index (χ0v) is 12.1. The number of hydrogen-bond acceptors (Lipinski definition) is 5. The molecule has 1 rings (SSSR count). The molecule has 8 nitrogen and oxygen atoms in total. The number of anilines is 1. The van der Waals surface area contributed by atoms with Crippen molar-refractivity contribution in [3.05, 3.63) is 24.0 Å². The summed E-state index contributed by atoms with van der Waals surface area (Å²) in [4.78, 5) is 37.3. The highest BCUT2D eigenvalue weighted by molar-refractivity contribution is 7.98. The van der Waals surface area contributed by atoms with Gasteiger partial charge in [-0.15, -0.1) is 0 Å². The molecule has 0 bridgehead atoms. The van der Waals surface area contributed by atoms with Gasteiger partial charge in [-0.1, -0.05) is 0 Å². The number of thioether (sulfide) groups is 1. The summed E-state index contributed by atoms with van der Waals surface area (Å²) in [5.74, 6) is -0.914. The number of amides is 3. The average molecular weight is 312 g/mol. The first-order valence-corrected chi connectivity index (χ1v) is 7.38. The number of pyridine rings is 1. The van der Waals surface area contributed by atoms with Crippen molar-refractivity contribution in [2.75, 3.05) is 17.3 Å². The minimum absolute atomic E-state index is 0.123. The van der Waals surface area contributed by atoms with Gasteiger partial charge in [0.15, 0.2) is 0 Å². The lowest BCUT2D eigenvalue weighted by Crippen LogP contribution is -2.46. The molecule has 0 aromatic carbocycles. The van der Waals surface area contributed by atoms with E-state index >= 15 is 0 Å². The molecule has 9 heteroatoms. The van der Waals surface area contributed by atoms with E-state index in [4.69, 9.17) is 10.8 Å². The van der Waals surface area contributed by atoms with Crippen molar-refractivity contribution in [1.29, 1.82) is 0 Å².